The Morgan fingerprint density at radius 3 is 2.33 bits per heavy atom. The lowest BCUT2D eigenvalue weighted by atomic mass is 10.2. The molecule has 0 N–H and O–H groups in total. The first-order chi connectivity index (χ1) is 10.3. The lowest BCUT2D eigenvalue weighted by Gasteiger charge is -2.35. The van der Waals surface area contributed by atoms with Crippen molar-refractivity contribution >= 4 is 11.5 Å². The van der Waals surface area contributed by atoms with Gasteiger partial charge in [0.2, 0.25) is 0 Å². The molecule has 2 heterocycles. The van der Waals surface area contributed by atoms with Gasteiger partial charge in [-0.2, -0.15) is 0 Å². The molecule has 21 heavy (non-hydrogen) atoms. The molecular formula is C17H19N3O. The molecule has 1 saturated heterocycles. The van der Waals surface area contributed by atoms with E-state index in [0.29, 0.717) is 12.2 Å². The Morgan fingerprint density at radius 1 is 0.952 bits per heavy atom. The minimum Gasteiger partial charge on any atom is -0.369 e. The van der Waals surface area contributed by atoms with Crippen molar-refractivity contribution in [2.45, 2.75) is 0 Å². The number of rotatable bonds is 4. The number of carbonyl (C=O) groups excluding carboxylic acids is 1. The molecule has 1 fully saturated rings. The number of Topliss-reactive ketones (excluding diaryl/α,β-unsaturated/α-hetero) is 1. The number of hydrogen-bond donors (Lipinski definition) is 0. The number of benzene rings is 1. The molecular weight excluding hydrogens is 262 g/mol. The van der Waals surface area contributed by atoms with Gasteiger partial charge in [-0.05, 0) is 24.3 Å². The summed E-state index contributed by atoms with van der Waals surface area (Å²) >= 11 is 0. The third-order valence-electron chi connectivity index (χ3n) is 3.81. The van der Waals surface area contributed by atoms with E-state index in [1.807, 2.05) is 18.2 Å². The van der Waals surface area contributed by atoms with Crippen LogP contribution in [0.25, 0.3) is 0 Å². The fourth-order valence-electron chi connectivity index (χ4n) is 2.61. The Morgan fingerprint density at radius 2 is 1.67 bits per heavy atom. The van der Waals surface area contributed by atoms with Crippen LogP contribution in [0.5, 0.6) is 0 Å². The van der Waals surface area contributed by atoms with E-state index in [1.54, 1.807) is 12.3 Å². The van der Waals surface area contributed by atoms with Crippen LogP contribution in [-0.4, -0.2) is 48.4 Å². The number of piperazine rings is 1. The number of pyridine rings is 1. The topological polar surface area (TPSA) is 36.4 Å². The van der Waals surface area contributed by atoms with E-state index in [0.717, 1.165) is 26.2 Å². The van der Waals surface area contributed by atoms with Crippen molar-refractivity contribution in [3.63, 3.8) is 0 Å². The lowest BCUT2D eigenvalue weighted by molar-refractivity contribution is 0.0921. The van der Waals surface area contributed by atoms with Gasteiger partial charge in [0.1, 0.15) is 5.69 Å². The van der Waals surface area contributed by atoms with Crippen LogP contribution in [0.2, 0.25) is 0 Å². The van der Waals surface area contributed by atoms with Crippen molar-refractivity contribution in [3.8, 4) is 0 Å². The quantitative estimate of drug-likeness (QED) is 0.804. The number of para-hydroxylation sites is 1. The van der Waals surface area contributed by atoms with Crippen LogP contribution >= 0.6 is 0 Å². The van der Waals surface area contributed by atoms with E-state index >= 15 is 0 Å². The maximum atomic E-state index is 12.1. The predicted octanol–water partition coefficient (Wildman–Crippen LogP) is 2.09. The number of nitrogens with zero attached hydrogens (tertiary/aromatic N) is 3. The van der Waals surface area contributed by atoms with Gasteiger partial charge in [-0.15, -0.1) is 0 Å². The summed E-state index contributed by atoms with van der Waals surface area (Å²) in [6.45, 7) is 4.19. The van der Waals surface area contributed by atoms with Crippen molar-refractivity contribution < 1.29 is 4.79 Å². The summed E-state index contributed by atoms with van der Waals surface area (Å²) in [5, 5.41) is 0. The largest absolute Gasteiger partial charge is 0.369 e. The second-order valence-corrected chi connectivity index (χ2v) is 5.24. The van der Waals surface area contributed by atoms with Gasteiger partial charge in [-0.3, -0.25) is 14.7 Å². The maximum absolute atomic E-state index is 12.1. The van der Waals surface area contributed by atoms with Crippen LogP contribution in [-0.2, 0) is 0 Å². The molecule has 0 radical (unpaired) electrons. The second-order valence-electron chi connectivity index (χ2n) is 5.24. The first-order valence-electron chi connectivity index (χ1n) is 7.29. The van der Waals surface area contributed by atoms with Gasteiger partial charge in [0.25, 0.3) is 0 Å². The lowest BCUT2D eigenvalue weighted by Crippen LogP contribution is -2.48. The minimum atomic E-state index is 0.101. The van der Waals surface area contributed by atoms with Crippen LogP contribution < -0.4 is 4.90 Å². The molecule has 4 heteroatoms. The Labute approximate surface area is 125 Å². The molecule has 0 bridgehead atoms. The zero-order valence-electron chi connectivity index (χ0n) is 12.0. The monoisotopic (exact) mass is 281 g/mol. The molecule has 1 aliphatic rings. The number of ketones is 1. The molecule has 0 spiro atoms. The first kappa shape index (κ1) is 13.8. The third kappa shape index (κ3) is 3.47. The summed E-state index contributed by atoms with van der Waals surface area (Å²) < 4.78 is 0. The SMILES string of the molecule is O=C(CN1CCN(c2ccccc2)CC1)c1ccccn1. The van der Waals surface area contributed by atoms with E-state index in [9.17, 15) is 4.79 Å². The Balaban J connectivity index is 1.53. The molecule has 1 aliphatic heterocycles. The minimum absolute atomic E-state index is 0.101. The molecule has 0 saturated carbocycles. The Bertz CT molecular complexity index is 577. The highest BCUT2D eigenvalue weighted by Gasteiger charge is 2.19. The fourth-order valence-corrected chi connectivity index (χ4v) is 2.61. The van der Waals surface area contributed by atoms with Crippen molar-refractivity contribution in [1.29, 1.82) is 0 Å². The second kappa shape index (κ2) is 6.50. The van der Waals surface area contributed by atoms with Crippen LogP contribution in [0.4, 0.5) is 5.69 Å². The van der Waals surface area contributed by atoms with Crippen molar-refractivity contribution in [2.24, 2.45) is 0 Å². The van der Waals surface area contributed by atoms with Crippen molar-refractivity contribution in [2.75, 3.05) is 37.6 Å². The van der Waals surface area contributed by atoms with Crippen LogP contribution in [0.3, 0.4) is 0 Å². The molecule has 0 atom stereocenters. The van der Waals surface area contributed by atoms with Crippen molar-refractivity contribution in [1.82, 2.24) is 9.88 Å². The molecule has 0 aliphatic carbocycles. The molecule has 0 unspecified atom stereocenters. The van der Waals surface area contributed by atoms with E-state index < -0.39 is 0 Å². The molecule has 1 aromatic heterocycles. The number of hydrogen-bond acceptors (Lipinski definition) is 4. The Hall–Kier alpha value is -2.20. The number of anilines is 1. The smallest absolute Gasteiger partial charge is 0.195 e. The highest BCUT2D eigenvalue weighted by molar-refractivity contribution is 5.95. The zero-order chi connectivity index (χ0) is 14.5. The van der Waals surface area contributed by atoms with Crippen LogP contribution in [0.15, 0.2) is 54.7 Å². The van der Waals surface area contributed by atoms with Crippen LogP contribution in [0.1, 0.15) is 10.5 Å². The molecule has 1 aromatic carbocycles. The van der Waals surface area contributed by atoms with Gasteiger partial charge in [0.15, 0.2) is 5.78 Å². The summed E-state index contributed by atoms with van der Waals surface area (Å²) in [7, 11) is 0. The number of carbonyl (C=O) groups is 1. The molecule has 108 valence electrons. The average Bonchev–Trinajstić information content (AvgIpc) is 2.57. The fraction of sp³-hybridized carbons (Fsp3) is 0.294. The predicted molar refractivity (Wildman–Crippen MR) is 83.7 cm³/mol. The van der Waals surface area contributed by atoms with Gasteiger partial charge in [0, 0.05) is 38.1 Å². The van der Waals surface area contributed by atoms with Gasteiger partial charge < -0.3 is 4.90 Å². The number of aromatic nitrogens is 1. The normalized spacial score (nSPS) is 15.9. The highest BCUT2D eigenvalue weighted by atomic mass is 16.1. The van der Waals surface area contributed by atoms with Crippen molar-refractivity contribution in [3.05, 3.63) is 60.4 Å². The summed E-state index contributed by atoms with van der Waals surface area (Å²) in [6, 6.07) is 15.9. The van der Waals surface area contributed by atoms with Gasteiger partial charge in [0.05, 0.1) is 6.54 Å². The molecule has 2 aromatic rings. The standard InChI is InChI=1S/C17H19N3O/c21-17(16-8-4-5-9-18-16)14-19-10-12-20(13-11-19)15-6-2-1-3-7-15/h1-9H,10-14H2. The van der Waals surface area contributed by atoms with E-state index in [2.05, 4.69) is 39.0 Å². The summed E-state index contributed by atoms with van der Waals surface area (Å²) in [6.07, 6.45) is 1.67. The van der Waals surface area contributed by atoms with E-state index in [1.165, 1.54) is 5.69 Å². The zero-order valence-corrected chi connectivity index (χ0v) is 12.0. The van der Waals surface area contributed by atoms with E-state index in [4.69, 9.17) is 0 Å². The first-order valence-corrected chi connectivity index (χ1v) is 7.29. The maximum Gasteiger partial charge on any atom is 0.195 e. The average molecular weight is 281 g/mol. The van der Waals surface area contributed by atoms with Gasteiger partial charge in [-0.1, -0.05) is 24.3 Å². The third-order valence-corrected chi connectivity index (χ3v) is 3.81. The summed E-state index contributed by atoms with van der Waals surface area (Å²) in [4.78, 5) is 20.8. The summed E-state index contributed by atoms with van der Waals surface area (Å²) in [5.41, 5.74) is 1.82. The molecule has 3 rings (SSSR count). The van der Waals surface area contributed by atoms with Gasteiger partial charge in [-0.25, -0.2) is 0 Å². The van der Waals surface area contributed by atoms with E-state index in [-0.39, 0.29) is 5.78 Å². The van der Waals surface area contributed by atoms with Gasteiger partial charge >= 0.3 is 0 Å². The van der Waals surface area contributed by atoms with Crippen LogP contribution in [0, 0.1) is 0 Å². The molecule has 4 nitrogen and oxygen atoms in total. The molecule has 0 amide bonds. The summed E-state index contributed by atoms with van der Waals surface area (Å²) in [5.74, 6) is 0.101. The Kier molecular flexibility index (Phi) is 4.26. The highest BCUT2D eigenvalue weighted by Crippen LogP contribution is 2.15.